The molecule has 0 bridgehead atoms. The molecule has 1 rings (SSSR count). The van der Waals surface area contributed by atoms with E-state index in [2.05, 4.69) is 29.8 Å². The van der Waals surface area contributed by atoms with Crippen molar-refractivity contribution in [3.8, 4) is 0 Å². The predicted octanol–water partition coefficient (Wildman–Crippen LogP) is 1.50. The highest BCUT2D eigenvalue weighted by atomic mass is 15.1. The summed E-state index contributed by atoms with van der Waals surface area (Å²) < 4.78 is 0. The fourth-order valence-electron chi connectivity index (χ4n) is 1.13. The van der Waals surface area contributed by atoms with Gasteiger partial charge in [0.25, 0.3) is 0 Å². The quantitative estimate of drug-likeness (QED) is 0.495. The monoisotopic (exact) mass is 138 g/mol. The van der Waals surface area contributed by atoms with Crippen LogP contribution in [-0.2, 0) is 0 Å². The van der Waals surface area contributed by atoms with Gasteiger partial charge in [-0.2, -0.15) is 0 Å². The van der Waals surface area contributed by atoms with Gasteiger partial charge in [0, 0.05) is 25.2 Å². The highest BCUT2D eigenvalue weighted by Crippen LogP contribution is 2.18. The van der Waals surface area contributed by atoms with Crippen LogP contribution in [-0.4, -0.2) is 24.8 Å². The number of aliphatic imine (C=N–C) groups is 1. The van der Waals surface area contributed by atoms with Gasteiger partial charge in [-0.05, 0) is 0 Å². The summed E-state index contributed by atoms with van der Waals surface area (Å²) in [4.78, 5) is 6.17. The zero-order valence-corrected chi connectivity index (χ0v) is 6.83. The van der Waals surface area contributed by atoms with Crippen LogP contribution in [0, 0.1) is 5.41 Å². The minimum Gasteiger partial charge on any atom is -0.365 e. The van der Waals surface area contributed by atoms with Crippen molar-refractivity contribution in [2.75, 3.05) is 13.6 Å². The molecule has 2 nitrogen and oxygen atoms in total. The minimum absolute atomic E-state index is 0.255. The topological polar surface area (TPSA) is 15.6 Å². The summed E-state index contributed by atoms with van der Waals surface area (Å²) in [6, 6.07) is 0. The van der Waals surface area contributed by atoms with Crippen LogP contribution < -0.4 is 0 Å². The Morgan fingerprint density at radius 2 is 2.20 bits per heavy atom. The Labute approximate surface area is 62.3 Å². The molecule has 1 heterocycles. The van der Waals surface area contributed by atoms with Crippen LogP contribution in [0.15, 0.2) is 17.3 Å². The molecule has 10 heavy (non-hydrogen) atoms. The summed E-state index contributed by atoms with van der Waals surface area (Å²) in [7, 11) is 2.04. The van der Waals surface area contributed by atoms with Crippen molar-refractivity contribution >= 4 is 6.34 Å². The second kappa shape index (κ2) is 2.45. The lowest BCUT2D eigenvalue weighted by atomic mass is 9.93. The molecule has 0 aromatic carbocycles. The highest BCUT2D eigenvalue weighted by molar-refractivity contribution is 5.56. The van der Waals surface area contributed by atoms with Crippen LogP contribution in [0.25, 0.3) is 0 Å². The molecule has 0 radical (unpaired) electrons. The maximum atomic E-state index is 4.07. The van der Waals surface area contributed by atoms with Gasteiger partial charge < -0.3 is 4.90 Å². The fraction of sp³-hybridized carbons (Fsp3) is 0.625. The molecular formula is C8H14N2. The first-order chi connectivity index (χ1) is 4.60. The molecule has 2 heteroatoms. The van der Waals surface area contributed by atoms with Gasteiger partial charge >= 0.3 is 0 Å². The Morgan fingerprint density at radius 1 is 1.50 bits per heavy atom. The van der Waals surface area contributed by atoms with E-state index in [0.29, 0.717) is 0 Å². The number of nitrogens with zero attached hydrogens (tertiary/aromatic N) is 2. The second-order valence-electron chi connectivity index (χ2n) is 3.48. The third-order valence-electron chi connectivity index (χ3n) is 1.53. The number of rotatable bonds is 0. The van der Waals surface area contributed by atoms with E-state index in [4.69, 9.17) is 0 Å². The number of hydrogen-bond donors (Lipinski definition) is 0. The van der Waals surface area contributed by atoms with E-state index >= 15 is 0 Å². The van der Waals surface area contributed by atoms with Gasteiger partial charge in [0.1, 0.15) is 0 Å². The lowest BCUT2D eigenvalue weighted by molar-refractivity contribution is 0.354. The maximum Gasteiger partial charge on any atom is 0.0902 e. The Morgan fingerprint density at radius 3 is 2.90 bits per heavy atom. The smallest absolute Gasteiger partial charge is 0.0902 e. The van der Waals surface area contributed by atoms with E-state index in [1.54, 1.807) is 0 Å². The predicted molar refractivity (Wildman–Crippen MR) is 44.0 cm³/mol. The Kier molecular flexibility index (Phi) is 1.79. The van der Waals surface area contributed by atoms with Crippen molar-refractivity contribution in [3.63, 3.8) is 0 Å². The molecule has 1 aliphatic rings. The molecule has 0 unspecified atom stereocenters. The normalized spacial score (nSPS) is 22.9. The van der Waals surface area contributed by atoms with Crippen LogP contribution >= 0.6 is 0 Å². The van der Waals surface area contributed by atoms with Gasteiger partial charge in [-0.25, -0.2) is 4.99 Å². The summed E-state index contributed by atoms with van der Waals surface area (Å²) in [5, 5.41) is 0. The van der Waals surface area contributed by atoms with Gasteiger partial charge in [0.2, 0.25) is 0 Å². The minimum atomic E-state index is 0.255. The van der Waals surface area contributed by atoms with E-state index in [-0.39, 0.29) is 5.41 Å². The summed E-state index contributed by atoms with van der Waals surface area (Å²) in [5.74, 6) is 0. The van der Waals surface area contributed by atoms with Crippen LogP contribution in [0.2, 0.25) is 0 Å². The van der Waals surface area contributed by atoms with Crippen LogP contribution in [0.3, 0.4) is 0 Å². The van der Waals surface area contributed by atoms with E-state index in [9.17, 15) is 0 Å². The van der Waals surface area contributed by atoms with Crippen molar-refractivity contribution in [2.45, 2.75) is 13.8 Å². The first kappa shape index (κ1) is 7.32. The number of hydrogen-bond acceptors (Lipinski definition) is 2. The maximum absolute atomic E-state index is 4.07. The van der Waals surface area contributed by atoms with Crippen LogP contribution in [0.1, 0.15) is 13.8 Å². The van der Waals surface area contributed by atoms with Gasteiger partial charge in [-0.15, -0.1) is 0 Å². The zero-order valence-electron chi connectivity index (χ0n) is 6.83. The van der Waals surface area contributed by atoms with E-state index in [1.807, 2.05) is 19.6 Å². The molecule has 56 valence electrons. The molecule has 0 aromatic heterocycles. The van der Waals surface area contributed by atoms with Crippen LogP contribution in [0.4, 0.5) is 0 Å². The Hall–Kier alpha value is -0.790. The fourth-order valence-corrected chi connectivity index (χ4v) is 1.13. The van der Waals surface area contributed by atoms with Crippen molar-refractivity contribution < 1.29 is 0 Å². The zero-order chi connectivity index (χ0) is 7.61. The van der Waals surface area contributed by atoms with Crippen molar-refractivity contribution in [1.82, 2.24) is 4.90 Å². The molecule has 0 aromatic rings. The molecule has 0 atom stereocenters. The van der Waals surface area contributed by atoms with Crippen LogP contribution in [0.5, 0.6) is 0 Å². The summed E-state index contributed by atoms with van der Waals surface area (Å²) >= 11 is 0. The first-order valence-corrected chi connectivity index (χ1v) is 3.51. The first-order valence-electron chi connectivity index (χ1n) is 3.51. The van der Waals surface area contributed by atoms with Gasteiger partial charge in [-0.3, -0.25) is 0 Å². The van der Waals surface area contributed by atoms with Gasteiger partial charge in [0.05, 0.1) is 6.34 Å². The summed E-state index contributed by atoms with van der Waals surface area (Å²) in [6.07, 6.45) is 5.85. The average molecular weight is 138 g/mol. The van der Waals surface area contributed by atoms with Gasteiger partial charge in [0.15, 0.2) is 0 Å². The lowest BCUT2D eigenvalue weighted by Gasteiger charge is -2.23. The van der Waals surface area contributed by atoms with E-state index in [0.717, 1.165) is 6.54 Å². The largest absolute Gasteiger partial charge is 0.365 e. The molecule has 0 saturated carbocycles. The van der Waals surface area contributed by atoms with Crippen molar-refractivity contribution in [3.05, 3.63) is 12.3 Å². The van der Waals surface area contributed by atoms with Crippen molar-refractivity contribution in [2.24, 2.45) is 10.4 Å². The molecule has 0 amide bonds. The van der Waals surface area contributed by atoms with Gasteiger partial charge in [-0.1, -0.05) is 19.9 Å². The van der Waals surface area contributed by atoms with Crippen molar-refractivity contribution in [1.29, 1.82) is 0 Å². The molecule has 0 fully saturated rings. The molecule has 0 N–H and O–H groups in total. The Bertz CT molecular complexity index is 168. The molecule has 0 aliphatic carbocycles. The van der Waals surface area contributed by atoms with E-state index in [1.165, 1.54) is 0 Å². The average Bonchev–Trinajstić information content (AvgIpc) is 1.90. The summed E-state index contributed by atoms with van der Waals surface area (Å²) in [6.45, 7) is 5.44. The SMILES string of the molecule is CN1C=NC=CC(C)(C)C1. The van der Waals surface area contributed by atoms with E-state index < -0.39 is 0 Å². The molecular weight excluding hydrogens is 124 g/mol. The molecule has 0 saturated heterocycles. The Balaban J connectivity index is 2.69. The molecule has 1 aliphatic heterocycles. The summed E-state index contributed by atoms with van der Waals surface area (Å²) in [5.41, 5.74) is 0.255. The highest BCUT2D eigenvalue weighted by Gasteiger charge is 2.16. The molecule has 0 spiro atoms. The third-order valence-corrected chi connectivity index (χ3v) is 1.53. The standard InChI is InChI=1S/C8H14N2/c1-8(2)4-5-9-7-10(3)6-8/h4-5,7H,6H2,1-3H3. The third kappa shape index (κ3) is 1.87. The second-order valence-corrected chi connectivity index (χ2v) is 3.48. The lowest BCUT2D eigenvalue weighted by Crippen LogP contribution is -2.27.